The molecule has 0 unspecified atom stereocenters. The lowest BCUT2D eigenvalue weighted by Gasteiger charge is -2.31. The lowest BCUT2D eigenvalue weighted by atomic mass is 10.1. The van der Waals surface area contributed by atoms with Crippen LogP contribution >= 0.6 is 0 Å². The molecule has 1 fully saturated rings. The van der Waals surface area contributed by atoms with E-state index >= 15 is 0 Å². The van der Waals surface area contributed by atoms with Gasteiger partial charge in [0.05, 0.1) is 30.0 Å². The Morgan fingerprint density at radius 1 is 1.07 bits per heavy atom. The Hall–Kier alpha value is -3.77. The van der Waals surface area contributed by atoms with Gasteiger partial charge in [0.15, 0.2) is 0 Å². The molecule has 1 aliphatic heterocycles. The SMILES string of the molecule is Cn1cc(-c2cn3ncc(C#N)c3c(-c3ccc(N4CCC(N)CC4)nc3)n2)cn1. The summed E-state index contributed by atoms with van der Waals surface area (Å²) in [5.41, 5.74) is 10.3. The highest BCUT2D eigenvalue weighted by Crippen LogP contribution is 2.29. The van der Waals surface area contributed by atoms with Gasteiger partial charge >= 0.3 is 0 Å². The maximum Gasteiger partial charge on any atom is 0.128 e. The van der Waals surface area contributed by atoms with Crippen molar-refractivity contribution in [2.24, 2.45) is 12.8 Å². The molecule has 0 radical (unpaired) electrons. The molecule has 1 aliphatic rings. The summed E-state index contributed by atoms with van der Waals surface area (Å²) >= 11 is 0. The molecule has 4 aromatic rings. The molecule has 1 saturated heterocycles. The number of piperidine rings is 1. The lowest BCUT2D eigenvalue weighted by Crippen LogP contribution is -2.40. The number of nitrogens with two attached hydrogens (primary N) is 1. The number of rotatable bonds is 3. The molecule has 0 atom stereocenters. The minimum atomic E-state index is 0.277. The molecule has 0 spiro atoms. The minimum Gasteiger partial charge on any atom is -0.357 e. The minimum absolute atomic E-state index is 0.277. The Labute approximate surface area is 173 Å². The molecule has 0 aliphatic carbocycles. The number of aryl methyl sites for hydroxylation is 1. The van der Waals surface area contributed by atoms with E-state index < -0.39 is 0 Å². The Balaban J connectivity index is 1.58. The first-order valence-electron chi connectivity index (χ1n) is 9.87. The summed E-state index contributed by atoms with van der Waals surface area (Å²) < 4.78 is 3.43. The highest BCUT2D eigenvalue weighted by Gasteiger charge is 2.19. The first-order valence-corrected chi connectivity index (χ1v) is 9.87. The van der Waals surface area contributed by atoms with Gasteiger partial charge in [-0.2, -0.15) is 15.5 Å². The molecule has 4 aromatic heterocycles. The normalized spacial score (nSPS) is 14.9. The molecule has 0 aromatic carbocycles. The van der Waals surface area contributed by atoms with Crippen LogP contribution in [0.25, 0.3) is 28.0 Å². The van der Waals surface area contributed by atoms with Gasteiger partial charge in [-0.15, -0.1) is 0 Å². The van der Waals surface area contributed by atoms with E-state index in [1.54, 1.807) is 21.6 Å². The first-order chi connectivity index (χ1) is 14.6. The predicted octanol–water partition coefficient (Wildman–Crippen LogP) is 1.99. The molecule has 150 valence electrons. The van der Waals surface area contributed by atoms with Gasteiger partial charge < -0.3 is 10.6 Å². The fourth-order valence-corrected chi connectivity index (χ4v) is 3.83. The largest absolute Gasteiger partial charge is 0.357 e. The lowest BCUT2D eigenvalue weighted by molar-refractivity contribution is 0.498. The maximum absolute atomic E-state index is 9.54. The third-order valence-corrected chi connectivity index (χ3v) is 5.50. The van der Waals surface area contributed by atoms with Crippen LogP contribution in [-0.2, 0) is 7.05 Å². The van der Waals surface area contributed by atoms with E-state index in [1.807, 2.05) is 37.8 Å². The van der Waals surface area contributed by atoms with Crippen molar-refractivity contribution in [1.82, 2.24) is 29.4 Å². The Bertz CT molecular complexity index is 1240. The van der Waals surface area contributed by atoms with E-state index in [0.29, 0.717) is 16.8 Å². The summed E-state index contributed by atoms with van der Waals surface area (Å²) in [5, 5.41) is 18.1. The van der Waals surface area contributed by atoms with E-state index in [-0.39, 0.29) is 6.04 Å². The highest BCUT2D eigenvalue weighted by atomic mass is 15.2. The molecule has 9 heteroatoms. The average molecular weight is 399 g/mol. The van der Waals surface area contributed by atoms with Crippen molar-refractivity contribution in [2.75, 3.05) is 18.0 Å². The summed E-state index contributed by atoms with van der Waals surface area (Å²) in [6, 6.07) is 6.49. The van der Waals surface area contributed by atoms with E-state index in [4.69, 9.17) is 10.7 Å². The van der Waals surface area contributed by atoms with E-state index in [1.165, 1.54) is 0 Å². The van der Waals surface area contributed by atoms with Crippen LogP contribution in [0.3, 0.4) is 0 Å². The number of aromatic nitrogens is 6. The molecule has 0 saturated carbocycles. The fraction of sp³-hybridized carbons (Fsp3) is 0.286. The number of hydrogen-bond donors (Lipinski definition) is 1. The number of anilines is 1. The second-order valence-corrected chi connectivity index (χ2v) is 7.57. The fourth-order valence-electron chi connectivity index (χ4n) is 3.83. The Kier molecular flexibility index (Phi) is 4.41. The number of hydrogen-bond acceptors (Lipinski definition) is 7. The van der Waals surface area contributed by atoms with Crippen LogP contribution in [0.4, 0.5) is 5.82 Å². The van der Waals surface area contributed by atoms with Crippen LogP contribution < -0.4 is 10.6 Å². The van der Waals surface area contributed by atoms with Gasteiger partial charge in [-0.05, 0) is 25.0 Å². The quantitative estimate of drug-likeness (QED) is 0.560. The molecule has 0 amide bonds. The molecular formula is C21H21N9. The molecule has 0 bridgehead atoms. The van der Waals surface area contributed by atoms with Crippen molar-refractivity contribution in [3.8, 4) is 28.6 Å². The van der Waals surface area contributed by atoms with Gasteiger partial charge in [0, 0.05) is 49.7 Å². The van der Waals surface area contributed by atoms with Gasteiger partial charge in [-0.3, -0.25) is 4.68 Å². The zero-order valence-electron chi connectivity index (χ0n) is 16.6. The van der Waals surface area contributed by atoms with Crippen LogP contribution in [0, 0.1) is 11.3 Å². The molecule has 30 heavy (non-hydrogen) atoms. The maximum atomic E-state index is 9.54. The second-order valence-electron chi connectivity index (χ2n) is 7.57. The topological polar surface area (TPSA) is 114 Å². The van der Waals surface area contributed by atoms with Crippen LogP contribution in [-0.4, -0.2) is 48.5 Å². The first kappa shape index (κ1) is 18.3. The monoisotopic (exact) mass is 399 g/mol. The Morgan fingerprint density at radius 2 is 1.90 bits per heavy atom. The number of nitriles is 1. The molecular weight excluding hydrogens is 378 g/mol. The van der Waals surface area contributed by atoms with Crippen LogP contribution in [0.2, 0.25) is 0 Å². The number of fused-ring (bicyclic) bond motifs is 1. The van der Waals surface area contributed by atoms with Gasteiger partial charge in [0.2, 0.25) is 0 Å². The summed E-state index contributed by atoms with van der Waals surface area (Å²) in [4.78, 5) is 11.8. The third-order valence-electron chi connectivity index (χ3n) is 5.50. The van der Waals surface area contributed by atoms with Crippen LogP contribution in [0.5, 0.6) is 0 Å². The summed E-state index contributed by atoms with van der Waals surface area (Å²) in [5.74, 6) is 0.930. The average Bonchev–Trinajstić information content (AvgIpc) is 3.40. The molecule has 5 heterocycles. The van der Waals surface area contributed by atoms with Crippen molar-refractivity contribution in [3.63, 3.8) is 0 Å². The standard InChI is InChI=1S/C21H21N9/c1-28-12-16(11-25-28)18-13-30-21(15(8-22)10-26-30)20(27-18)14-2-3-19(24-9-14)29-6-4-17(23)5-7-29/h2-3,9-13,17H,4-7,23H2,1H3. The second kappa shape index (κ2) is 7.24. The zero-order chi connectivity index (χ0) is 20.7. The van der Waals surface area contributed by atoms with Gasteiger partial charge in [0.25, 0.3) is 0 Å². The smallest absolute Gasteiger partial charge is 0.128 e. The van der Waals surface area contributed by atoms with Crippen molar-refractivity contribution in [1.29, 1.82) is 5.26 Å². The zero-order valence-corrected chi connectivity index (χ0v) is 16.6. The van der Waals surface area contributed by atoms with Crippen LogP contribution in [0.1, 0.15) is 18.4 Å². The third kappa shape index (κ3) is 3.17. The van der Waals surface area contributed by atoms with Crippen molar-refractivity contribution >= 4 is 11.3 Å². The number of pyridine rings is 1. The van der Waals surface area contributed by atoms with Crippen LogP contribution in [0.15, 0.2) is 43.1 Å². The van der Waals surface area contributed by atoms with Gasteiger partial charge in [-0.25, -0.2) is 14.5 Å². The van der Waals surface area contributed by atoms with E-state index in [9.17, 15) is 5.26 Å². The summed E-state index contributed by atoms with van der Waals surface area (Å²) in [7, 11) is 1.86. The van der Waals surface area contributed by atoms with Crippen molar-refractivity contribution in [2.45, 2.75) is 18.9 Å². The van der Waals surface area contributed by atoms with Crippen molar-refractivity contribution < 1.29 is 0 Å². The van der Waals surface area contributed by atoms with Crippen molar-refractivity contribution in [3.05, 3.63) is 48.7 Å². The summed E-state index contributed by atoms with van der Waals surface area (Å²) in [6.07, 6.45) is 10.8. The summed E-state index contributed by atoms with van der Waals surface area (Å²) in [6.45, 7) is 1.82. The highest BCUT2D eigenvalue weighted by molar-refractivity contribution is 5.83. The molecule has 9 nitrogen and oxygen atoms in total. The Morgan fingerprint density at radius 3 is 2.57 bits per heavy atom. The van der Waals surface area contributed by atoms with Gasteiger partial charge in [-0.1, -0.05) is 0 Å². The van der Waals surface area contributed by atoms with E-state index in [2.05, 4.69) is 26.2 Å². The number of nitrogens with zero attached hydrogens (tertiary/aromatic N) is 8. The van der Waals surface area contributed by atoms with E-state index in [0.717, 1.165) is 48.6 Å². The molecule has 5 rings (SSSR count). The van der Waals surface area contributed by atoms with Gasteiger partial charge in [0.1, 0.15) is 23.0 Å². The predicted molar refractivity (Wildman–Crippen MR) is 113 cm³/mol. The molecule has 2 N–H and O–H groups in total.